The molecular weight excluding hydrogens is 326 g/mol. The van der Waals surface area contributed by atoms with Crippen LogP contribution < -0.4 is 5.32 Å². The Morgan fingerprint density at radius 2 is 1.92 bits per heavy atom. The summed E-state index contributed by atoms with van der Waals surface area (Å²) >= 11 is 0. The molecule has 0 unspecified atom stereocenters. The molecule has 0 saturated carbocycles. The van der Waals surface area contributed by atoms with Crippen LogP contribution in [0.1, 0.15) is 16.2 Å². The van der Waals surface area contributed by atoms with Crippen molar-refractivity contribution in [1.29, 1.82) is 0 Å². The van der Waals surface area contributed by atoms with E-state index in [0.29, 0.717) is 18.8 Å². The number of aryl methyl sites for hydroxylation is 1. The number of nitrogens with one attached hydrogen (secondary N) is 2. The summed E-state index contributed by atoms with van der Waals surface area (Å²) in [5, 5.41) is 8.59. The molecule has 0 fully saturated rings. The molecule has 5 rings (SSSR count). The number of benzene rings is 1. The Labute approximate surface area is 149 Å². The molecule has 0 radical (unpaired) electrons. The molecule has 26 heavy (non-hydrogen) atoms. The van der Waals surface area contributed by atoms with E-state index in [2.05, 4.69) is 51.6 Å². The molecule has 6 heteroatoms. The standard InChI is InChI=1S/C20H17N5O/c1-12-8-15-9-13(2-3-16(15)23-12)17-10-14(4-5-21-17)18-11-19-20(26)22-6-7-25(19)24-18/h2-5,8-11,23H,6-7H2,1H3,(H,22,26). The van der Waals surface area contributed by atoms with Crippen LogP contribution in [0.15, 0.2) is 48.7 Å². The third-order valence-electron chi connectivity index (χ3n) is 4.73. The zero-order valence-electron chi connectivity index (χ0n) is 14.3. The predicted molar refractivity (Wildman–Crippen MR) is 99.8 cm³/mol. The lowest BCUT2D eigenvalue weighted by molar-refractivity contribution is 0.0924. The van der Waals surface area contributed by atoms with Gasteiger partial charge >= 0.3 is 0 Å². The number of pyridine rings is 1. The van der Waals surface area contributed by atoms with Gasteiger partial charge in [-0.1, -0.05) is 6.07 Å². The Hall–Kier alpha value is -3.41. The SMILES string of the molecule is Cc1cc2cc(-c3cc(-c4cc5n(n4)CCNC5=O)ccn3)ccc2[nH]1. The average Bonchev–Trinajstić information content (AvgIpc) is 3.24. The number of amides is 1. The van der Waals surface area contributed by atoms with Gasteiger partial charge in [-0.25, -0.2) is 0 Å². The van der Waals surface area contributed by atoms with Gasteiger partial charge < -0.3 is 10.3 Å². The highest BCUT2D eigenvalue weighted by Gasteiger charge is 2.20. The second-order valence-corrected chi connectivity index (χ2v) is 6.58. The van der Waals surface area contributed by atoms with Crippen molar-refractivity contribution in [3.05, 3.63) is 60.0 Å². The molecule has 0 aliphatic carbocycles. The molecule has 0 atom stereocenters. The molecule has 1 amide bonds. The average molecular weight is 343 g/mol. The van der Waals surface area contributed by atoms with Gasteiger partial charge in [0, 0.05) is 40.5 Å². The summed E-state index contributed by atoms with van der Waals surface area (Å²) in [5.74, 6) is -0.0717. The summed E-state index contributed by atoms with van der Waals surface area (Å²) in [6.07, 6.45) is 1.79. The fraction of sp³-hybridized carbons (Fsp3) is 0.150. The van der Waals surface area contributed by atoms with Crippen molar-refractivity contribution < 1.29 is 4.79 Å². The minimum Gasteiger partial charge on any atom is -0.359 e. The monoisotopic (exact) mass is 343 g/mol. The zero-order chi connectivity index (χ0) is 17.7. The molecule has 0 bridgehead atoms. The largest absolute Gasteiger partial charge is 0.359 e. The smallest absolute Gasteiger partial charge is 0.269 e. The van der Waals surface area contributed by atoms with Crippen LogP contribution in [0.3, 0.4) is 0 Å². The van der Waals surface area contributed by atoms with E-state index in [1.807, 2.05) is 18.2 Å². The third kappa shape index (κ3) is 2.38. The van der Waals surface area contributed by atoms with E-state index >= 15 is 0 Å². The maximum absolute atomic E-state index is 12.0. The summed E-state index contributed by atoms with van der Waals surface area (Å²) in [4.78, 5) is 19.8. The summed E-state index contributed by atoms with van der Waals surface area (Å²) in [6, 6.07) is 14.2. The van der Waals surface area contributed by atoms with Gasteiger partial charge in [0.1, 0.15) is 5.69 Å². The Morgan fingerprint density at radius 3 is 2.81 bits per heavy atom. The van der Waals surface area contributed by atoms with Crippen LogP contribution in [0.2, 0.25) is 0 Å². The molecule has 4 heterocycles. The van der Waals surface area contributed by atoms with Gasteiger partial charge in [0.2, 0.25) is 0 Å². The van der Waals surface area contributed by atoms with Crippen molar-refractivity contribution >= 4 is 16.8 Å². The van der Waals surface area contributed by atoms with E-state index in [0.717, 1.165) is 33.7 Å². The number of fused-ring (bicyclic) bond motifs is 2. The van der Waals surface area contributed by atoms with E-state index in [1.165, 1.54) is 5.39 Å². The maximum atomic E-state index is 12.0. The Balaban J connectivity index is 1.57. The van der Waals surface area contributed by atoms with Crippen LogP contribution in [0, 0.1) is 6.92 Å². The van der Waals surface area contributed by atoms with Gasteiger partial charge in [0.05, 0.1) is 17.9 Å². The van der Waals surface area contributed by atoms with Crippen molar-refractivity contribution in [2.75, 3.05) is 6.54 Å². The first-order chi connectivity index (χ1) is 12.7. The molecule has 0 saturated heterocycles. The van der Waals surface area contributed by atoms with Gasteiger partial charge in [-0.3, -0.25) is 14.5 Å². The van der Waals surface area contributed by atoms with Crippen molar-refractivity contribution in [3.8, 4) is 22.5 Å². The van der Waals surface area contributed by atoms with Crippen LogP contribution in [-0.4, -0.2) is 32.2 Å². The second-order valence-electron chi connectivity index (χ2n) is 6.58. The number of carbonyl (C=O) groups is 1. The maximum Gasteiger partial charge on any atom is 0.269 e. The first-order valence-corrected chi connectivity index (χ1v) is 8.60. The van der Waals surface area contributed by atoms with Gasteiger partial charge in [0.15, 0.2) is 0 Å². The highest BCUT2D eigenvalue weighted by molar-refractivity contribution is 5.94. The first kappa shape index (κ1) is 14.9. The molecule has 0 spiro atoms. The summed E-state index contributed by atoms with van der Waals surface area (Å²) in [6.45, 7) is 3.36. The normalized spacial score (nSPS) is 13.7. The summed E-state index contributed by atoms with van der Waals surface area (Å²) < 4.78 is 1.77. The highest BCUT2D eigenvalue weighted by Crippen LogP contribution is 2.27. The van der Waals surface area contributed by atoms with E-state index in [-0.39, 0.29) is 5.91 Å². The third-order valence-corrected chi connectivity index (χ3v) is 4.73. The fourth-order valence-corrected chi connectivity index (χ4v) is 3.46. The molecule has 3 aromatic heterocycles. The van der Waals surface area contributed by atoms with Crippen LogP contribution in [-0.2, 0) is 6.54 Å². The Kier molecular flexibility index (Phi) is 3.18. The topological polar surface area (TPSA) is 75.6 Å². The number of nitrogens with zero attached hydrogens (tertiary/aromatic N) is 3. The van der Waals surface area contributed by atoms with E-state index in [1.54, 1.807) is 10.9 Å². The van der Waals surface area contributed by atoms with Crippen LogP contribution in [0.5, 0.6) is 0 Å². The van der Waals surface area contributed by atoms with Crippen molar-refractivity contribution in [2.24, 2.45) is 0 Å². The Bertz CT molecular complexity index is 1150. The lowest BCUT2D eigenvalue weighted by Gasteiger charge is -2.13. The predicted octanol–water partition coefficient (Wildman–Crippen LogP) is 3.15. The number of aromatic nitrogens is 4. The molecule has 4 aromatic rings. The van der Waals surface area contributed by atoms with E-state index in [9.17, 15) is 4.79 Å². The second kappa shape index (κ2) is 5.56. The van der Waals surface area contributed by atoms with Gasteiger partial charge in [-0.05, 0) is 43.3 Å². The lowest BCUT2D eigenvalue weighted by Crippen LogP contribution is -2.35. The van der Waals surface area contributed by atoms with Crippen molar-refractivity contribution in [1.82, 2.24) is 25.1 Å². The van der Waals surface area contributed by atoms with Crippen LogP contribution in [0.25, 0.3) is 33.4 Å². The lowest BCUT2D eigenvalue weighted by atomic mass is 10.1. The van der Waals surface area contributed by atoms with E-state index < -0.39 is 0 Å². The summed E-state index contributed by atoms with van der Waals surface area (Å²) in [7, 11) is 0. The summed E-state index contributed by atoms with van der Waals surface area (Å²) in [5.41, 5.74) is 6.55. The molecule has 1 aromatic carbocycles. The van der Waals surface area contributed by atoms with Crippen LogP contribution >= 0.6 is 0 Å². The zero-order valence-corrected chi connectivity index (χ0v) is 14.3. The number of hydrogen-bond acceptors (Lipinski definition) is 3. The van der Waals surface area contributed by atoms with Gasteiger partial charge in [-0.15, -0.1) is 0 Å². The first-order valence-electron chi connectivity index (χ1n) is 8.60. The fourth-order valence-electron chi connectivity index (χ4n) is 3.46. The molecule has 1 aliphatic rings. The van der Waals surface area contributed by atoms with Crippen LogP contribution in [0.4, 0.5) is 0 Å². The number of carbonyl (C=O) groups excluding carboxylic acids is 1. The highest BCUT2D eigenvalue weighted by atomic mass is 16.2. The molecule has 2 N–H and O–H groups in total. The Morgan fingerprint density at radius 1 is 1.04 bits per heavy atom. The quantitative estimate of drug-likeness (QED) is 0.587. The number of H-pyrrole nitrogens is 1. The molecule has 128 valence electrons. The van der Waals surface area contributed by atoms with E-state index in [4.69, 9.17) is 0 Å². The van der Waals surface area contributed by atoms with Gasteiger partial charge in [0.25, 0.3) is 5.91 Å². The number of rotatable bonds is 2. The number of hydrogen-bond donors (Lipinski definition) is 2. The number of aromatic amines is 1. The molecule has 1 aliphatic heterocycles. The van der Waals surface area contributed by atoms with Gasteiger partial charge in [-0.2, -0.15) is 5.10 Å². The minimum atomic E-state index is -0.0717. The van der Waals surface area contributed by atoms with Crippen molar-refractivity contribution in [3.63, 3.8) is 0 Å². The van der Waals surface area contributed by atoms with Crippen molar-refractivity contribution in [2.45, 2.75) is 13.5 Å². The molecule has 6 nitrogen and oxygen atoms in total. The minimum absolute atomic E-state index is 0.0717. The molecular formula is C20H17N5O.